The zero-order chi connectivity index (χ0) is 13.8. The minimum Gasteiger partial charge on any atom is -0.481 e. The van der Waals surface area contributed by atoms with Crippen LogP contribution >= 0.6 is 0 Å². The number of nitrogens with one attached hydrogen (secondary N) is 3. The van der Waals surface area contributed by atoms with Crippen molar-refractivity contribution in [1.29, 1.82) is 0 Å². The molecule has 0 saturated carbocycles. The molecule has 0 saturated heterocycles. The van der Waals surface area contributed by atoms with E-state index in [0.717, 1.165) is 0 Å². The lowest BCUT2D eigenvalue weighted by molar-refractivity contribution is -0.137. The Morgan fingerprint density at radius 1 is 1.16 bits per heavy atom. The molecule has 2 rings (SSSR count). The first-order valence-corrected chi connectivity index (χ1v) is 5.78. The largest absolute Gasteiger partial charge is 0.481 e. The average Bonchev–Trinajstić information content (AvgIpc) is 2.67. The van der Waals surface area contributed by atoms with Crippen molar-refractivity contribution in [2.45, 2.75) is 19.3 Å². The maximum absolute atomic E-state index is 11.6. The van der Waals surface area contributed by atoms with Gasteiger partial charge < -0.3 is 20.4 Å². The third-order valence-corrected chi connectivity index (χ3v) is 2.59. The van der Waals surface area contributed by atoms with Gasteiger partial charge in [-0.1, -0.05) is 0 Å². The van der Waals surface area contributed by atoms with Crippen molar-refractivity contribution in [3.05, 3.63) is 28.7 Å². The SMILES string of the molecule is O=C(O)CCCC(=O)Nc1ccc2[nH]c(=O)[nH]c2c1. The summed E-state index contributed by atoms with van der Waals surface area (Å²) in [5.74, 6) is -1.17. The molecule has 19 heavy (non-hydrogen) atoms. The number of aromatic nitrogens is 2. The summed E-state index contributed by atoms with van der Waals surface area (Å²) in [5.41, 5.74) is 1.52. The summed E-state index contributed by atoms with van der Waals surface area (Å²) in [6.45, 7) is 0. The summed E-state index contributed by atoms with van der Waals surface area (Å²) in [6.07, 6.45) is 0.413. The summed E-state index contributed by atoms with van der Waals surface area (Å²) in [7, 11) is 0. The zero-order valence-electron chi connectivity index (χ0n) is 10.0. The van der Waals surface area contributed by atoms with E-state index in [0.29, 0.717) is 23.1 Å². The number of imidazole rings is 1. The number of carboxylic acids is 1. The molecule has 0 radical (unpaired) electrons. The van der Waals surface area contributed by atoms with Gasteiger partial charge in [-0.25, -0.2) is 4.79 Å². The summed E-state index contributed by atoms with van der Waals surface area (Å²) in [4.78, 5) is 38.1. The Morgan fingerprint density at radius 3 is 2.63 bits per heavy atom. The van der Waals surface area contributed by atoms with Crippen LogP contribution in [0, 0.1) is 0 Å². The van der Waals surface area contributed by atoms with Gasteiger partial charge in [-0.3, -0.25) is 9.59 Å². The molecule has 0 bridgehead atoms. The van der Waals surface area contributed by atoms with E-state index >= 15 is 0 Å². The van der Waals surface area contributed by atoms with Gasteiger partial charge in [-0.15, -0.1) is 0 Å². The van der Waals surface area contributed by atoms with Gasteiger partial charge in [0.1, 0.15) is 0 Å². The number of aromatic amines is 2. The van der Waals surface area contributed by atoms with Crippen LogP contribution in [0.3, 0.4) is 0 Å². The van der Waals surface area contributed by atoms with Crippen LogP contribution in [0.2, 0.25) is 0 Å². The van der Waals surface area contributed by atoms with Crippen LogP contribution in [0.15, 0.2) is 23.0 Å². The minimum atomic E-state index is -0.917. The third kappa shape index (κ3) is 3.44. The number of benzene rings is 1. The van der Waals surface area contributed by atoms with Gasteiger partial charge in [0.2, 0.25) is 5.91 Å². The second-order valence-electron chi connectivity index (χ2n) is 4.13. The van der Waals surface area contributed by atoms with E-state index in [9.17, 15) is 14.4 Å². The fraction of sp³-hybridized carbons (Fsp3) is 0.250. The first-order valence-electron chi connectivity index (χ1n) is 5.78. The van der Waals surface area contributed by atoms with E-state index in [1.807, 2.05) is 0 Å². The van der Waals surface area contributed by atoms with E-state index in [-0.39, 0.29) is 24.4 Å². The molecule has 1 aromatic carbocycles. The van der Waals surface area contributed by atoms with Gasteiger partial charge in [0.15, 0.2) is 0 Å². The molecule has 0 spiro atoms. The molecule has 7 nitrogen and oxygen atoms in total. The monoisotopic (exact) mass is 263 g/mol. The first kappa shape index (κ1) is 12.9. The Balaban J connectivity index is 1.98. The molecule has 0 fully saturated rings. The predicted octanol–water partition coefficient (Wildman–Crippen LogP) is 1.05. The van der Waals surface area contributed by atoms with Crippen LogP contribution in [-0.4, -0.2) is 27.0 Å². The van der Waals surface area contributed by atoms with Crippen LogP contribution in [0.25, 0.3) is 11.0 Å². The number of H-pyrrole nitrogens is 2. The first-order chi connectivity index (χ1) is 9.04. The molecule has 2 aromatic rings. The molecule has 0 aliphatic heterocycles. The molecule has 0 aliphatic carbocycles. The molecule has 0 unspecified atom stereocenters. The molecular formula is C12H13N3O4. The van der Waals surface area contributed by atoms with Crippen molar-refractivity contribution >= 4 is 28.6 Å². The molecule has 7 heteroatoms. The fourth-order valence-corrected chi connectivity index (χ4v) is 1.73. The van der Waals surface area contributed by atoms with Crippen molar-refractivity contribution in [2.24, 2.45) is 0 Å². The van der Waals surface area contributed by atoms with E-state index in [1.54, 1.807) is 18.2 Å². The van der Waals surface area contributed by atoms with E-state index in [4.69, 9.17) is 5.11 Å². The Hall–Kier alpha value is -2.57. The number of anilines is 1. The smallest absolute Gasteiger partial charge is 0.323 e. The molecule has 1 aromatic heterocycles. The number of hydrogen-bond acceptors (Lipinski definition) is 3. The fourth-order valence-electron chi connectivity index (χ4n) is 1.73. The summed E-state index contributed by atoms with van der Waals surface area (Å²) in [5, 5.41) is 11.1. The second kappa shape index (κ2) is 5.38. The molecule has 1 amide bonds. The van der Waals surface area contributed by atoms with Crippen LogP contribution in [-0.2, 0) is 9.59 Å². The van der Waals surface area contributed by atoms with Crippen molar-refractivity contribution in [2.75, 3.05) is 5.32 Å². The second-order valence-corrected chi connectivity index (χ2v) is 4.13. The van der Waals surface area contributed by atoms with Crippen molar-refractivity contribution < 1.29 is 14.7 Å². The lowest BCUT2D eigenvalue weighted by atomic mass is 10.2. The molecule has 0 atom stereocenters. The Labute approximate surface area is 107 Å². The van der Waals surface area contributed by atoms with Crippen LogP contribution in [0.4, 0.5) is 5.69 Å². The lowest BCUT2D eigenvalue weighted by Gasteiger charge is -2.04. The zero-order valence-corrected chi connectivity index (χ0v) is 10.0. The van der Waals surface area contributed by atoms with Crippen molar-refractivity contribution in [1.82, 2.24) is 9.97 Å². The molecule has 4 N–H and O–H groups in total. The summed E-state index contributed by atoms with van der Waals surface area (Å²) < 4.78 is 0. The van der Waals surface area contributed by atoms with E-state index < -0.39 is 5.97 Å². The number of carbonyl (C=O) groups is 2. The number of amides is 1. The van der Waals surface area contributed by atoms with Crippen molar-refractivity contribution in [3.8, 4) is 0 Å². The van der Waals surface area contributed by atoms with Gasteiger partial charge in [0.25, 0.3) is 0 Å². The molecule has 1 heterocycles. The number of fused-ring (bicyclic) bond motifs is 1. The van der Waals surface area contributed by atoms with Gasteiger partial charge in [0.05, 0.1) is 11.0 Å². The topological polar surface area (TPSA) is 115 Å². The van der Waals surface area contributed by atoms with E-state index in [1.165, 1.54) is 0 Å². The minimum absolute atomic E-state index is 0.0302. The summed E-state index contributed by atoms with van der Waals surface area (Å²) in [6, 6.07) is 4.99. The highest BCUT2D eigenvalue weighted by molar-refractivity contribution is 5.93. The highest BCUT2D eigenvalue weighted by Gasteiger charge is 2.06. The van der Waals surface area contributed by atoms with Crippen LogP contribution < -0.4 is 11.0 Å². The normalized spacial score (nSPS) is 10.5. The Morgan fingerprint density at radius 2 is 1.89 bits per heavy atom. The van der Waals surface area contributed by atoms with Crippen molar-refractivity contribution in [3.63, 3.8) is 0 Å². The van der Waals surface area contributed by atoms with Gasteiger partial charge in [0, 0.05) is 18.5 Å². The highest BCUT2D eigenvalue weighted by Crippen LogP contribution is 2.14. The maximum Gasteiger partial charge on any atom is 0.323 e. The Kier molecular flexibility index (Phi) is 3.65. The lowest BCUT2D eigenvalue weighted by Crippen LogP contribution is -2.11. The van der Waals surface area contributed by atoms with E-state index in [2.05, 4.69) is 15.3 Å². The third-order valence-electron chi connectivity index (χ3n) is 2.59. The van der Waals surface area contributed by atoms with Gasteiger partial charge >= 0.3 is 11.7 Å². The number of carboxylic acid groups (broad SMARTS) is 1. The number of carbonyl (C=O) groups excluding carboxylic acids is 1. The average molecular weight is 263 g/mol. The van der Waals surface area contributed by atoms with Crippen LogP contribution in [0.1, 0.15) is 19.3 Å². The quantitative estimate of drug-likeness (QED) is 0.645. The summed E-state index contributed by atoms with van der Waals surface area (Å²) >= 11 is 0. The molecule has 0 aliphatic rings. The number of rotatable bonds is 5. The maximum atomic E-state index is 11.6. The highest BCUT2D eigenvalue weighted by atomic mass is 16.4. The number of hydrogen-bond donors (Lipinski definition) is 4. The van der Waals surface area contributed by atoms with Gasteiger partial charge in [-0.05, 0) is 24.6 Å². The predicted molar refractivity (Wildman–Crippen MR) is 69.0 cm³/mol. The molecular weight excluding hydrogens is 250 g/mol. The van der Waals surface area contributed by atoms with Gasteiger partial charge in [-0.2, -0.15) is 0 Å². The number of aliphatic carboxylic acids is 1. The standard InChI is InChI=1S/C12H13N3O4/c16-10(2-1-3-11(17)18)13-7-4-5-8-9(6-7)15-12(19)14-8/h4-6H,1-3H2,(H,13,16)(H,17,18)(H2,14,15,19). The molecule has 100 valence electrons. The van der Waals surface area contributed by atoms with Crippen LogP contribution in [0.5, 0.6) is 0 Å². The Bertz CT molecular complexity index is 671.